The van der Waals surface area contributed by atoms with E-state index in [4.69, 9.17) is 80.6 Å². The lowest BCUT2D eigenvalue weighted by molar-refractivity contribution is 0.00578. The van der Waals surface area contributed by atoms with Gasteiger partial charge in [0.1, 0.15) is 52.0 Å². The average molecular weight is 2200 g/mol. The second-order valence-electron chi connectivity index (χ2n) is 36.5. The normalized spacial score (nSPS) is 15.4. The van der Waals surface area contributed by atoms with Gasteiger partial charge in [-0.15, -0.1) is 30.7 Å². The SMILES string of the molecule is C.C#CC#CC#CC#CC#CC#CC#CC#CC#CC.C#CC#CC#CC#CC#CC#CC#CC#CC#CC.CC1(C)OB(B2OC(C)(C)C(C)(C)O2)OC1(C)C.Cc1cc(C#N)c(F)cc1-c1c(C(=O)NC2CC2)nn2c1OCCC2.Cc1cc(C#N)c(F)cc1B1OC(C)(C)C(C)(C)O1.Cc1cc(C#N)c(F)cc1B1OC(C)(C)C(C)(C)O1.Cc1cc(C#N)c(F)cc1Br.O=C(NC1CC1)c1nn2c(c1Br)OCCC2.PPP. The molecule has 2 aromatic heterocycles. The number of benzene rings is 4. The Hall–Kier alpha value is -14.2. The second-order valence-corrected chi connectivity index (χ2v) is 42.5. The third-order valence-corrected chi connectivity index (χ3v) is 25.0. The Bertz CT molecular complexity index is 7170. The number of amides is 2. The highest BCUT2D eigenvalue weighted by Gasteiger charge is 2.64. The number of nitrogens with zero attached hydrogens (tertiary/aromatic N) is 8. The fourth-order valence-corrected chi connectivity index (χ4v) is 13.4. The number of hydrogen-bond donors (Lipinski definition) is 2. The molecule has 0 bridgehead atoms. The summed E-state index contributed by atoms with van der Waals surface area (Å²) in [5.74, 6) is 82.4. The van der Waals surface area contributed by atoms with Crippen molar-refractivity contribution >= 4 is 109 Å². The van der Waals surface area contributed by atoms with Gasteiger partial charge in [0.15, 0.2) is 11.4 Å². The van der Waals surface area contributed by atoms with Gasteiger partial charge in [-0.2, -0.15) is 31.2 Å². The van der Waals surface area contributed by atoms with E-state index in [1.54, 1.807) is 36.2 Å². The van der Waals surface area contributed by atoms with Crippen LogP contribution >= 0.6 is 57.7 Å². The van der Waals surface area contributed by atoms with Crippen LogP contribution in [0.15, 0.2) is 57.5 Å². The number of terminal acetylenes is 2. The van der Waals surface area contributed by atoms with Crippen LogP contribution in [0.25, 0.3) is 11.1 Å². The number of rotatable bonds is 8. The molecule has 35 heteroatoms. The molecule has 0 spiro atoms. The molecular formula is C115H109B4Br2F4N10O12P3. The van der Waals surface area contributed by atoms with Crippen molar-refractivity contribution < 1.29 is 73.9 Å². The largest absolute Gasteiger partial charge is 0.495 e. The van der Waals surface area contributed by atoms with Gasteiger partial charge >= 0.3 is 28.3 Å². The predicted molar refractivity (Wildman–Crippen MR) is 595 cm³/mol. The quantitative estimate of drug-likeness (QED) is 0.0620. The lowest BCUT2D eigenvalue weighted by Gasteiger charge is -2.32. The highest BCUT2D eigenvalue weighted by atomic mass is 79.9. The lowest BCUT2D eigenvalue weighted by atomic mass is 9.49. The highest BCUT2D eigenvalue weighted by molar-refractivity contribution is 9.11. The average Bonchev–Trinajstić information content (AvgIpc) is 1.60. The van der Waals surface area contributed by atoms with E-state index in [2.05, 4.69) is 272 Å². The van der Waals surface area contributed by atoms with Crippen molar-refractivity contribution in [3.63, 3.8) is 0 Å². The monoisotopic (exact) mass is 2190 g/mol. The fraction of sp³-hybridized carbons (Fsp3) is 0.374. The minimum atomic E-state index is -0.618. The first-order valence-electron chi connectivity index (χ1n) is 46.0. The van der Waals surface area contributed by atoms with Gasteiger partial charge in [-0.3, -0.25) is 9.59 Å². The fourth-order valence-electron chi connectivity index (χ4n) is 12.5. The van der Waals surface area contributed by atoms with Gasteiger partial charge in [-0.05, 0) is 471 Å². The summed E-state index contributed by atoms with van der Waals surface area (Å²) in [5, 5.41) is 49.6. The molecule has 14 rings (SSSR count). The summed E-state index contributed by atoms with van der Waals surface area (Å²) in [7, 11) is 3.89. The van der Waals surface area contributed by atoms with E-state index in [0.29, 0.717) is 79.8 Å². The molecule has 8 heterocycles. The number of aromatic nitrogens is 4. The van der Waals surface area contributed by atoms with Crippen molar-refractivity contribution in [2.24, 2.45) is 0 Å². The number of nitriles is 4. The Morgan fingerprint density at radius 2 is 0.660 bits per heavy atom. The number of nitrogens with one attached hydrogen (secondary N) is 2. The first-order valence-corrected chi connectivity index (χ1v) is 52.2. The maximum Gasteiger partial charge on any atom is 0.495 e. The first kappa shape index (κ1) is 126. The zero-order valence-electron chi connectivity index (χ0n) is 86.7. The van der Waals surface area contributed by atoms with E-state index in [0.717, 1.165) is 69.7 Å². The third-order valence-electron chi connectivity index (χ3n) is 23.5. The van der Waals surface area contributed by atoms with Crippen molar-refractivity contribution in [1.29, 1.82) is 21.0 Å². The Balaban J connectivity index is 0.000000302. The van der Waals surface area contributed by atoms with Gasteiger partial charge < -0.3 is 57.3 Å². The number of hydrogen-bond acceptors (Lipinski definition) is 18. The zero-order valence-corrected chi connectivity index (χ0v) is 93.2. The van der Waals surface area contributed by atoms with Gasteiger partial charge in [0.05, 0.1) is 85.8 Å². The van der Waals surface area contributed by atoms with Gasteiger partial charge in [-0.1, -0.05) is 43.2 Å². The van der Waals surface area contributed by atoms with Crippen LogP contribution in [0, 0.1) is 310 Å². The minimum absolute atomic E-state index is 0. The number of ether oxygens (including phenoxy) is 2. The predicted octanol–water partition coefficient (Wildman–Crippen LogP) is 16.7. The van der Waals surface area contributed by atoms with Crippen molar-refractivity contribution in [2.75, 3.05) is 13.2 Å². The van der Waals surface area contributed by atoms with Gasteiger partial charge in [0.2, 0.25) is 11.8 Å². The summed E-state index contributed by atoms with van der Waals surface area (Å²) in [4.78, 5) is 24.5. The van der Waals surface area contributed by atoms with Crippen LogP contribution in [-0.2, 0) is 50.3 Å². The van der Waals surface area contributed by atoms with E-state index < -0.39 is 73.9 Å². The Kier molecular flexibility index (Phi) is 50.4. The first-order chi connectivity index (χ1) is 70.5. The summed E-state index contributed by atoms with van der Waals surface area (Å²) in [6.45, 7) is 45.1. The lowest BCUT2D eigenvalue weighted by Crippen LogP contribution is -2.41. The molecule has 8 aliphatic rings. The molecule has 6 aromatic rings. The molecule has 4 aromatic carbocycles. The molecule has 150 heavy (non-hydrogen) atoms. The van der Waals surface area contributed by atoms with Crippen LogP contribution < -0.4 is 31.0 Å². The molecule has 4 saturated heterocycles. The topological polar surface area (TPSA) is 281 Å². The minimum Gasteiger partial charge on any atom is -0.477 e. The molecule has 2 atom stereocenters. The van der Waals surface area contributed by atoms with E-state index in [1.165, 1.54) is 48.5 Å². The van der Waals surface area contributed by atoms with E-state index in [9.17, 15) is 27.2 Å². The van der Waals surface area contributed by atoms with Crippen LogP contribution in [0.4, 0.5) is 17.6 Å². The van der Waals surface area contributed by atoms with Gasteiger partial charge in [-0.25, -0.2) is 26.9 Å². The van der Waals surface area contributed by atoms with E-state index in [1.807, 2.05) is 150 Å². The Morgan fingerprint density at radius 3 is 0.960 bits per heavy atom. The van der Waals surface area contributed by atoms with Gasteiger partial charge in [0.25, 0.3) is 11.8 Å². The number of aryl methyl sites for hydroxylation is 6. The van der Waals surface area contributed by atoms with Crippen molar-refractivity contribution in [1.82, 2.24) is 30.2 Å². The molecule has 0 radical (unpaired) electrons. The molecule has 22 nitrogen and oxygen atoms in total. The number of carbonyl (C=O) groups is 2. The van der Waals surface area contributed by atoms with E-state index in [-0.39, 0.29) is 75.6 Å². The summed E-state index contributed by atoms with van der Waals surface area (Å²) in [5.41, 5.74) is 2.97. The molecule has 760 valence electrons. The van der Waals surface area contributed by atoms with Crippen LogP contribution in [-0.4, -0.2) is 130 Å². The van der Waals surface area contributed by atoms with E-state index >= 15 is 0 Å². The zero-order chi connectivity index (χ0) is 111. The summed E-state index contributed by atoms with van der Waals surface area (Å²) in [6, 6.07) is 19.1. The smallest absolute Gasteiger partial charge is 0.477 e. The molecular weight excluding hydrogens is 2090 g/mol. The van der Waals surface area contributed by atoms with Crippen LogP contribution in [0.2, 0.25) is 0 Å². The Labute approximate surface area is 906 Å². The highest BCUT2D eigenvalue weighted by Crippen LogP contribution is 2.45. The number of fused-ring (bicyclic) bond motifs is 2. The van der Waals surface area contributed by atoms with Crippen LogP contribution in [0.5, 0.6) is 11.8 Å². The standard InChI is InChI=1S/2C19H4.C18H17FN4O2.2C14H17BFNO2.C12H24B2O4.C10H12BrN3O2.C8H5BrFN.CH4.H5P3/c2*1-3-5-7-9-11-13-15-17-19-18-16-14-12-10-8-6-4-2;1-10-7-11(9-20)14(19)8-13(10)15-16(17(24)21-12-3-4-12)22-23-5-2-6-25-18(15)23;2*1-9-6-10(8-17)12(16)7-11(9)15-18-13(2,3)14(4,5)19-15;1-9(2)10(3,4)16-13(15-9)14-17-11(5,6)12(7,8)18-14;11-7-8(9(15)12-6-2-3-6)13-14-4-1-5-16-10(7)14;1-5-2-6(4-11)8(10)3-7(5)9;;1-3-2/h2*1H,2H3;7-8,12H,2-6H2,1H3,(H,21,24);2*6-7H,1-5H3;1-8H3;6H,1-5H2,(H,12,15);2-3H,1H3;1H4;3H,1-2H2. The summed E-state index contributed by atoms with van der Waals surface area (Å²) >= 11 is 6.54. The Morgan fingerprint density at radius 1 is 0.400 bits per heavy atom. The maximum absolute atomic E-state index is 14.2. The molecule has 2 saturated carbocycles. The van der Waals surface area contributed by atoms with Crippen LogP contribution in [0.3, 0.4) is 0 Å². The van der Waals surface area contributed by atoms with Crippen molar-refractivity contribution in [3.05, 3.63) is 137 Å². The van der Waals surface area contributed by atoms with Gasteiger partial charge in [0, 0.05) is 42.5 Å². The molecule has 2 aliphatic carbocycles. The van der Waals surface area contributed by atoms with Crippen molar-refractivity contribution in [2.45, 2.75) is 268 Å². The third kappa shape index (κ3) is 37.8. The van der Waals surface area contributed by atoms with Crippen molar-refractivity contribution in [3.8, 4) is 261 Å². The molecule has 2 unspecified atom stereocenters. The summed E-state index contributed by atoms with van der Waals surface area (Å²) < 4.78 is 118. The molecule has 2 N–H and O–H groups in total. The second kappa shape index (κ2) is 59.8. The molecule has 2 amide bonds. The number of carbonyl (C=O) groups excluding carboxylic acids is 2. The van der Waals surface area contributed by atoms with Crippen LogP contribution in [0.1, 0.15) is 236 Å². The summed E-state index contributed by atoms with van der Waals surface area (Å²) in [6.07, 6.45) is 15.6. The number of halogens is 6. The molecule has 6 fully saturated rings. The molecule has 6 aliphatic heterocycles. The maximum atomic E-state index is 14.2.